The standard InChI is InChI=1S/C12H20N4/c1-9-7-12(15-10(2)14-9)16-5-3-11(8-13)4-6-16/h7,11H,3-6,8,13H2,1-2H3. The van der Waals surface area contributed by atoms with Gasteiger partial charge in [-0.25, -0.2) is 9.97 Å². The van der Waals surface area contributed by atoms with Gasteiger partial charge in [0.25, 0.3) is 0 Å². The summed E-state index contributed by atoms with van der Waals surface area (Å²) < 4.78 is 0. The molecule has 0 radical (unpaired) electrons. The summed E-state index contributed by atoms with van der Waals surface area (Å²) in [5.74, 6) is 2.62. The van der Waals surface area contributed by atoms with Crippen molar-refractivity contribution in [1.82, 2.24) is 9.97 Å². The van der Waals surface area contributed by atoms with Gasteiger partial charge in [0.1, 0.15) is 11.6 Å². The molecule has 88 valence electrons. The normalized spacial score (nSPS) is 17.8. The summed E-state index contributed by atoms with van der Waals surface area (Å²) in [5.41, 5.74) is 6.74. The molecule has 4 nitrogen and oxygen atoms in total. The predicted octanol–water partition coefficient (Wildman–Crippen LogP) is 1.27. The number of aromatic nitrogens is 2. The van der Waals surface area contributed by atoms with Crippen LogP contribution in [0, 0.1) is 19.8 Å². The van der Waals surface area contributed by atoms with Gasteiger partial charge >= 0.3 is 0 Å². The van der Waals surface area contributed by atoms with Crippen LogP contribution in [0.4, 0.5) is 5.82 Å². The van der Waals surface area contributed by atoms with Gasteiger partial charge in [-0.3, -0.25) is 0 Å². The van der Waals surface area contributed by atoms with Crippen molar-refractivity contribution in [1.29, 1.82) is 0 Å². The van der Waals surface area contributed by atoms with E-state index in [1.54, 1.807) is 0 Å². The highest BCUT2D eigenvalue weighted by atomic mass is 15.2. The maximum absolute atomic E-state index is 5.69. The van der Waals surface area contributed by atoms with E-state index in [4.69, 9.17) is 5.73 Å². The zero-order valence-corrected chi connectivity index (χ0v) is 10.1. The van der Waals surface area contributed by atoms with Gasteiger partial charge < -0.3 is 10.6 Å². The minimum Gasteiger partial charge on any atom is -0.356 e. The molecular weight excluding hydrogens is 200 g/mol. The van der Waals surface area contributed by atoms with Crippen LogP contribution in [0.15, 0.2) is 6.07 Å². The molecule has 2 rings (SSSR count). The molecule has 1 aromatic rings. The molecule has 0 bridgehead atoms. The Balaban J connectivity index is 2.08. The minimum atomic E-state index is 0.695. The average molecular weight is 220 g/mol. The highest BCUT2D eigenvalue weighted by Gasteiger charge is 2.19. The zero-order valence-electron chi connectivity index (χ0n) is 10.1. The summed E-state index contributed by atoms with van der Waals surface area (Å²) in [6, 6.07) is 2.07. The van der Waals surface area contributed by atoms with Gasteiger partial charge in [0, 0.05) is 24.8 Å². The lowest BCUT2D eigenvalue weighted by molar-refractivity contribution is 0.413. The van der Waals surface area contributed by atoms with Crippen molar-refractivity contribution in [3.8, 4) is 0 Å². The van der Waals surface area contributed by atoms with Crippen LogP contribution in [-0.2, 0) is 0 Å². The first-order chi connectivity index (χ1) is 7.69. The molecule has 0 amide bonds. The fourth-order valence-corrected chi connectivity index (χ4v) is 2.26. The molecule has 1 aliphatic heterocycles. The van der Waals surface area contributed by atoms with Crippen molar-refractivity contribution in [2.24, 2.45) is 11.7 Å². The molecule has 1 saturated heterocycles. The zero-order chi connectivity index (χ0) is 11.5. The third-order valence-electron chi connectivity index (χ3n) is 3.22. The minimum absolute atomic E-state index is 0.695. The fraction of sp³-hybridized carbons (Fsp3) is 0.667. The van der Waals surface area contributed by atoms with E-state index in [0.29, 0.717) is 5.92 Å². The summed E-state index contributed by atoms with van der Waals surface area (Å²) in [7, 11) is 0. The molecule has 1 aromatic heterocycles. The molecule has 1 fully saturated rings. The second-order valence-corrected chi connectivity index (χ2v) is 4.58. The number of nitrogens with zero attached hydrogens (tertiary/aromatic N) is 3. The monoisotopic (exact) mass is 220 g/mol. The number of anilines is 1. The molecule has 0 unspecified atom stereocenters. The van der Waals surface area contributed by atoms with Crippen LogP contribution in [0.5, 0.6) is 0 Å². The van der Waals surface area contributed by atoms with Crippen LogP contribution in [-0.4, -0.2) is 29.6 Å². The lowest BCUT2D eigenvalue weighted by atomic mass is 9.97. The summed E-state index contributed by atoms with van der Waals surface area (Å²) in [6.07, 6.45) is 2.36. The highest BCUT2D eigenvalue weighted by Crippen LogP contribution is 2.21. The number of hydrogen-bond acceptors (Lipinski definition) is 4. The molecule has 0 spiro atoms. The Kier molecular flexibility index (Phi) is 3.39. The van der Waals surface area contributed by atoms with Crippen molar-refractivity contribution in [3.05, 3.63) is 17.6 Å². The van der Waals surface area contributed by atoms with E-state index in [0.717, 1.165) is 37.0 Å². The summed E-state index contributed by atoms with van der Waals surface area (Å²) >= 11 is 0. The Morgan fingerprint density at radius 2 is 2.00 bits per heavy atom. The van der Waals surface area contributed by atoms with E-state index in [-0.39, 0.29) is 0 Å². The van der Waals surface area contributed by atoms with E-state index in [1.165, 1.54) is 12.8 Å². The second kappa shape index (κ2) is 4.78. The third-order valence-corrected chi connectivity index (χ3v) is 3.22. The van der Waals surface area contributed by atoms with Gasteiger partial charge in [0.2, 0.25) is 0 Å². The summed E-state index contributed by atoms with van der Waals surface area (Å²) in [6.45, 7) is 6.92. The van der Waals surface area contributed by atoms with Gasteiger partial charge in [0.15, 0.2) is 0 Å². The van der Waals surface area contributed by atoms with Gasteiger partial charge in [-0.2, -0.15) is 0 Å². The highest BCUT2D eigenvalue weighted by molar-refractivity contribution is 5.40. The van der Waals surface area contributed by atoms with Gasteiger partial charge in [0.05, 0.1) is 0 Å². The van der Waals surface area contributed by atoms with Crippen molar-refractivity contribution in [2.75, 3.05) is 24.5 Å². The fourth-order valence-electron chi connectivity index (χ4n) is 2.26. The lowest BCUT2D eigenvalue weighted by Crippen LogP contribution is -2.36. The molecule has 0 atom stereocenters. The van der Waals surface area contributed by atoms with E-state index in [2.05, 4.69) is 20.9 Å². The van der Waals surface area contributed by atoms with Crippen molar-refractivity contribution in [2.45, 2.75) is 26.7 Å². The van der Waals surface area contributed by atoms with E-state index in [9.17, 15) is 0 Å². The first-order valence-electron chi connectivity index (χ1n) is 5.96. The van der Waals surface area contributed by atoms with E-state index < -0.39 is 0 Å². The predicted molar refractivity (Wildman–Crippen MR) is 65.5 cm³/mol. The number of piperidine rings is 1. The van der Waals surface area contributed by atoms with Gasteiger partial charge in [-0.15, -0.1) is 0 Å². The number of rotatable bonds is 2. The van der Waals surface area contributed by atoms with Crippen LogP contribution in [0.3, 0.4) is 0 Å². The van der Waals surface area contributed by atoms with E-state index >= 15 is 0 Å². The van der Waals surface area contributed by atoms with Crippen molar-refractivity contribution in [3.63, 3.8) is 0 Å². The van der Waals surface area contributed by atoms with Crippen LogP contribution < -0.4 is 10.6 Å². The second-order valence-electron chi connectivity index (χ2n) is 4.58. The van der Waals surface area contributed by atoms with Crippen LogP contribution in [0.2, 0.25) is 0 Å². The number of aryl methyl sites for hydroxylation is 2. The molecule has 4 heteroatoms. The molecule has 0 saturated carbocycles. The first kappa shape index (κ1) is 11.3. The smallest absolute Gasteiger partial charge is 0.132 e. The Hall–Kier alpha value is -1.16. The van der Waals surface area contributed by atoms with E-state index in [1.807, 2.05) is 13.8 Å². The Morgan fingerprint density at radius 3 is 2.56 bits per heavy atom. The average Bonchev–Trinajstić information content (AvgIpc) is 2.28. The lowest BCUT2D eigenvalue weighted by Gasteiger charge is -2.32. The molecule has 2 heterocycles. The van der Waals surface area contributed by atoms with Gasteiger partial charge in [-0.05, 0) is 39.2 Å². The topological polar surface area (TPSA) is 55.0 Å². The Bertz CT molecular complexity index is 336. The summed E-state index contributed by atoms with van der Waals surface area (Å²) in [5, 5.41) is 0. The Labute approximate surface area is 96.9 Å². The number of hydrogen-bond donors (Lipinski definition) is 1. The maximum atomic E-state index is 5.69. The Morgan fingerprint density at radius 1 is 1.31 bits per heavy atom. The molecule has 2 N–H and O–H groups in total. The van der Waals surface area contributed by atoms with Crippen LogP contribution in [0.25, 0.3) is 0 Å². The molecule has 0 aromatic carbocycles. The van der Waals surface area contributed by atoms with Crippen molar-refractivity contribution >= 4 is 5.82 Å². The van der Waals surface area contributed by atoms with Crippen LogP contribution in [0.1, 0.15) is 24.4 Å². The molecule has 16 heavy (non-hydrogen) atoms. The SMILES string of the molecule is Cc1cc(N2CCC(CN)CC2)nc(C)n1. The molecule has 0 aliphatic carbocycles. The third kappa shape index (κ3) is 2.50. The quantitative estimate of drug-likeness (QED) is 0.815. The molecule has 1 aliphatic rings. The maximum Gasteiger partial charge on any atom is 0.132 e. The molecular formula is C12H20N4. The number of nitrogens with two attached hydrogens (primary N) is 1. The van der Waals surface area contributed by atoms with Crippen molar-refractivity contribution < 1.29 is 0 Å². The first-order valence-corrected chi connectivity index (χ1v) is 5.96. The summed E-state index contributed by atoms with van der Waals surface area (Å²) in [4.78, 5) is 11.1. The van der Waals surface area contributed by atoms with Gasteiger partial charge in [-0.1, -0.05) is 0 Å². The van der Waals surface area contributed by atoms with Crippen LogP contribution >= 0.6 is 0 Å². The largest absolute Gasteiger partial charge is 0.356 e.